The van der Waals surface area contributed by atoms with Gasteiger partial charge in [0.15, 0.2) is 0 Å². The van der Waals surface area contributed by atoms with Crippen LogP contribution in [0.15, 0.2) is 43.5 Å². The van der Waals surface area contributed by atoms with Gasteiger partial charge in [-0.3, -0.25) is 10.1 Å². The number of hydrogen-bond acceptors (Lipinski definition) is 4. The Hall–Kier alpha value is -2.61. The standard InChI is InChI=1S/C13H13N3O2/c1-3-7-15(8-4-2)12-6-5-11(10-14)9-13(12)16(17)18/h3-6,9H,1-2,7-8H2. The van der Waals surface area contributed by atoms with Crippen LogP contribution in [0.2, 0.25) is 0 Å². The minimum atomic E-state index is -0.491. The highest BCUT2D eigenvalue weighted by molar-refractivity contribution is 5.66. The smallest absolute Gasteiger partial charge is 0.293 e. The highest BCUT2D eigenvalue weighted by Gasteiger charge is 2.18. The third-order valence-corrected chi connectivity index (χ3v) is 2.34. The number of nitro groups is 1. The first kappa shape index (κ1) is 13.5. The first-order valence-electron chi connectivity index (χ1n) is 5.29. The zero-order valence-electron chi connectivity index (χ0n) is 9.87. The van der Waals surface area contributed by atoms with Crippen molar-refractivity contribution in [3.05, 3.63) is 59.2 Å². The van der Waals surface area contributed by atoms with Crippen molar-refractivity contribution in [3.63, 3.8) is 0 Å². The second-order valence-corrected chi connectivity index (χ2v) is 3.55. The Morgan fingerprint density at radius 3 is 2.44 bits per heavy atom. The van der Waals surface area contributed by atoms with Crippen molar-refractivity contribution in [2.45, 2.75) is 0 Å². The summed E-state index contributed by atoms with van der Waals surface area (Å²) < 4.78 is 0. The molecule has 0 N–H and O–H groups in total. The monoisotopic (exact) mass is 243 g/mol. The van der Waals surface area contributed by atoms with Crippen LogP contribution in [0, 0.1) is 21.4 Å². The second kappa shape index (κ2) is 6.21. The van der Waals surface area contributed by atoms with Gasteiger partial charge in [-0.2, -0.15) is 5.26 Å². The molecule has 0 aromatic heterocycles. The molecule has 0 atom stereocenters. The van der Waals surface area contributed by atoms with Gasteiger partial charge in [-0.15, -0.1) is 13.2 Å². The van der Waals surface area contributed by atoms with E-state index in [4.69, 9.17) is 5.26 Å². The van der Waals surface area contributed by atoms with E-state index in [9.17, 15) is 10.1 Å². The molecule has 92 valence electrons. The second-order valence-electron chi connectivity index (χ2n) is 3.55. The Morgan fingerprint density at radius 1 is 1.39 bits per heavy atom. The largest absolute Gasteiger partial charge is 0.359 e. The number of nitrogens with zero attached hydrogens (tertiary/aromatic N) is 3. The van der Waals surface area contributed by atoms with Crippen LogP contribution in [0.3, 0.4) is 0 Å². The van der Waals surface area contributed by atoms with Crippen molar-refractivity contribution in [2.75, 3.05) is 18.0 Å². The highest BCUT2D eigenvalue weighted by atomic mass is 16.6. The van der Waals surface area contributed by atoms with Crippen LogP contribution in [0.1, 0.15) is 5.56 Å². The molecule has 0 unspecified atom stereocenters. The molecule has 0 radical (unpaired) electrons. The molecule has 0 saturated heterocycles. The van der Waals surface area contributed by atoms with Crippen molar-refractivity contribution in [2.24, 2.45) is 0 Å². The lowest BCUT2D eigenvalue weighted by Crippen LogP contribution is -2.24. The van der Waals surface area contributed by atoms with Crippen molar-refractivity contribution >= 4 is 11.4 Å². The topological polar surface area (TPSA) is 70.2 Å². The van der Waals surface area contributed by atoms with Gasteiger partial charge in [-0.05, 0) is 12.1 Å². The van der Waals surface area contributed by atoms with E-state index in [1.807, 2.05) is 6.07 Å². The van der Waals surface area contributed by atoms with E-state index in [0.717, 1.165) is 0 Å². The quantitative estimate of drug-likeness (QED) is 0.437. The van der Waals surface area contributed by atoms with Crippen molar-refractivity contribution in [3.8, 4) is 6.07 Å². The van der Waals surface area contributed by atoms with Crippen molar-refractivity contribution in [1.82, 2.24) is 0 Å². The molecule has 0 aliphatic rings. The van der Waals surface area contributed by atoms with Gasteiger partial charge in [-0.1, -0.05) is 12.2 Å². The first-order chi connectivity index (χ1) is 8.63. The number of hydrogen-bond donors (Lipinski definition) is 0. The molecule has 0 spiro atoms. The zero-order valence-corrected chi connectivity index (χ0v) is 9.87. The lowest BCUT2D eigenvalue weighted by molar-refractivity contribution is -0.384. The summed E-state index contributed by atoms with van der Waals surface area (Å²) >= 11 is 0. The number of nitro benzene ring substituents is 1. The van der Waals surface area contributed by atoms with Crippen LogP contribution in [0.25, 0.3) is 0 Å². The van der Waals surface area contributed by atoms with Gasteiger partial charge in [0.1, 0.15) is 5.69 Å². The fourth-order valence-corrected chi connectivity index (χ4v) is 1.59. The minimum absolute atomic E-state index is 0.0854. The number of nitriles is 1. The average molecular weight is 243 g/mol. The van der Waals surface area contributed by atoms with Crippen LogP contribution in [-0.2, 0) is 0 Å². The molecule has 5 nitrogen and oxygen atoms in total. The Morgan fingerprint density at radius 2 is 2.00 bits per heavy atom. The lowest BCUT2D eigenvalue weighted by Gasteiger charge is -2.21. The van der Waals surface area contributed by atoms with E-state index in [1.165, 1.54) is 6.07 Å². The van der Waals surface area contributed by atoms with E-state index in [-0.39, 0.29) is 11.3 Å². The van der Waals surface area contributed by atoms with Crippen LogP contribution < -0.4 is 4.90 Å². The maximum atomic E-state index is 11.0. The SMILES string of the molecule is C=CCN(CC=C)c1ccc(C#N)cc1[N+](=O)[O-]. The fraction of sp³-hybridized carbons (Fsp3) is 0.154. The van der Waals surface area contributed by atoms with Crippen molar-refractivity contribution in [1.29, 1.82) is 5.26 Å². The summed E-state index contributed by atoms with van der Waals surface area (Å²) in [5, 5.41) is 19.8. The molecule has 0 aliphatic carbocycles. The molecule has 1 rings (SSSR count). The average Bonchev–Trinajstić information content (AvgIpc) is 2.37. The van der Waals surface area contributed by atoms with Gasteiger partial charge in [0.05, 0.1) is 16.6 Å². The van der Waals surface area contributed by atoms with Crippen LogP contribution in [0.5, 0.6) is 0 Å². The molecule has 0 bridgehead atoms. The normalized spacial score (nSPS) is 9.28. The summed E-state index contributed by atoms with van der Waals surface area (Å²) in [7, 11) is 0. The maximum Gasteiger partial charge on any atom is 0.293 e. The lowest BCUT2D eigenvalue weighted by atomic mass is 10.1. The zero-order chi connectivity index (χ0) is 13.5. The number of rotatable bonds is 6. The summed E-state index contributed by atoms with van der Waals surface area (Å²) in [5.41, 5.74) is 0.638. The minimum Gasteiger partial charge on any atom is -0.359 e. The highest BCUT2D eigenvalue weighted by Crippen LogP contribution is 2.29. The van der Waals surface area contributed by atoms with Gasteiger partial charge < -0.3 is 4.90 Å². The Kier molecular flexibility index (Phi) is 4.64. The summed E-state index contributed by atoms with van der Waals surface area (Å²) in [6, 6.07) is 6.29. The van der Waals surface area contributed by atoms with E-state index in [0.29, 0.717) is 18.8 Å². The van der Waals surface area contributed by atoms with Gasteiger partial charge in [-0.25, -0.2) is 0 Å². The molecule has 5 heteroatoms. The van der Waals surface area contributed by atoms with Gasteiger partial charge in [0.25, 0.3) is 5.69 Å². The fourth-order valence-electron chi connectivity index (χ4n) is 1.59. The Bertz CT molecular complexity index is 507. The molecule has 0 heterocycles. The van der Waals surface area contributed by atoms with Crippen molar-refractivity contribution < 1.29 is 4.92 Å². The van der Waals surface area contributed by atoms with E-state index in [1.54, 1.807) is 29.2 Å². The Labute approximate surface area is 105 Å². The molecular weight excluding hydrogens is 230 g/mol. The summed E-state index contributed by atoms with van der Waals surface area (Å²) in [6.07, 6.45) is 3.32. The number of anilines is 1. The van der Waals surface area contributed by atoms with E-state index >= 15 is 0 Å². The summed E-state index contributed by atoms with van der Waals surface area (Å²) in [6.45, 7) is 8.18. The summed E-state index contributed by atoms with van der Waals surface area (Å²) in [5.74, 6) is 0. The molecule has 1 aromatic rings. The predicted octanol–water partition coefficient (Wildman–Crippen LogP) is 2.64. The molecule has 0 aliphatic heterocycles. The van der Waals surface area contributed by atoms with Crippen LogP contribution in [-0.4, -0.2) is 18.0 Å². The summed E-state index contributed by atoms with van der Waals surface area (Å²) in [4.78, 5) is 12.3. The maximum absolute atomic E-state index is 11.0. The van der Waals surface area contributed by atoms with Gasteiger partial charge in [0.2, 0.25) is 0 Å². The van der Waals surface area contributed by atoms with Gasteiger partial charge >= 0.3 is 0 Å². The van der Waals surface area contributed by atoms with E-state index in [2.05, 4.69) is 13.2 Å². The van der Waals surface area contributed by atoms with Gasteiger partial charge in [0, 0.05) is 19.2 Å². The molecule has 0 amide bonds. The van der Waals surface area contributed by atoms with Crippen LogP contribution in [0.4, 0.5) is 11.4 Å². The molecular formula is C13H13N3O2. The van der Waals surface area contributed by atoms with E-state index < -0.39 is 4.92 Å². The third-order valence-electron chi connectivity index (χ3n) is 2.34. The molecule has 0 fully saturated rings. The number of benzene rings is 1. The molecule has 18 heavy (non-hydrogen) atoms. The first-order valence-corrected chi connectivity index (χ1v) is 5.29. The van der Waals surface area contributed by atoms with Crippen LogP contribution >= 0.6 is 0 Å². The molecule has 1 aromatic carbocycles. The third kappa shape index (κ3) is 2.95. The predicted molar refractivity (Wildman–Crippen MR) is 70.4 cm³/mol. The molecule has 0 saturated carbocycles. The Balaban J connectivity index is 3.28.